The third-order valence-electron chi connectivity index (χ3n) is 5.47. The quantitative estimate of drug-likeness (QED) is 0.716. The highest BCUT2D eigenvalue weighted by Crippen LogP contribution is 2.28. The van der Waals surface area contributed by atoms with Crippen LogP contribution in [0.15, 0.2) is 47.4 Å². The van der Waals surface area contributed by atoms with Crippen molar-refractivity contribution < 1.29 is 22.3 Å². The Morgan fingerprint density at radius 3 is 2.63 bits per heavy atom. The highest BCUT2D eigenvalue weighted by molar-refractivity contribution is 7.89. The van der Waals surface area contributed by atoms with E-state index in [4.69, 9.17) is 4.74 Å². The molecule has 1 amide bonds. The summed E-state index contributed by atoms with van der Waals surface area (Å²) in [6, 6.07) is 11.0. The molecule has 1 aliphatic heterocycles. The van der Waals surface area contributed by atoms with Crippen molar-refractivity contribution in [3.05, 3.63) is 53.8 Å². The van der Waals surface area contributed by atoms with E-state index in [1.165, 1.54) is 16.4 Å². The first kappa shape index (κ1) is 22.2. The third-order valence-corrected chi connectivity index (χ3v) is 7.52. The summed E-state index contributed by atoms with van der Waals surface area (Å²) in [5.74, 6) is 0.320. The maximum absolute atomic E-state index is 13.6. The summed E-state index contributed by atoms with van der Waals surface area (Å²) >= 11 is 0. The van der Waals surface area contributed by atoms with Gasteiger partial charge in [-0.05, 0) is 61.9 Å². The molecule has 1 heterocycles. The van der Waals surface area contributed by atoms with Crippen LogP contribution in [-0.2, 0) is 14.8 Å². The van der Waals surface area contributed by atoms with Crippen LogP contribution in [0.5, 0.6) is 5.75 Å². The molecule has 0 radical (unpaired) electrons. The first-order chi connectivity index (χ1) is 14.3. The molecule has 8 heteroatoms. The van der Waals surface area contributed by atoms with Gasteiger partial charge in [-0.25, -0.2) is 12.8 Å². The number of nitrogens with one attached hydrogen (secondary N) is 1. The second-order valence-electron chi connectivity index (χ2n) is 7.58. The molecule has 0 spiro atoms. The molecule has 6 nitrogen and oxygen atoms in total. The summed E-state index contributed by atoms with van der Waals surface area (Å²) in [4.78, 5) is 12.3. The fraction of sp³-hybridized carbons (Fsp3) is 0.409. The Balaban J connectivity index is 1.50. The normalized spacial score (nSPS) is 15.7. The number of carbonyl (C=O) groups is 1. The topological polar surface area (TPSA) is 75.7 Å². The zero-order valence-electron chi connectivity index (χ0n) is 17.2. The number of nitrogens with zero attached hydrogens (tertiary/aromatic N) is 1. The van der Waals surface area contributed by atoms with Gasteiger partial charge in [-0.3, -0.25) is 4.79 Å². The molecule has 0 aliphatic carbocycles. The minimum Gasteiger partial charge on any atom is -0.497 e. The van der Waals surface area contributed by atoms with E-state index in [9.17, 15) is 17.6 Å². The molecule has 2 aromatic rings. The lowest BCUT2D eigenvalue weighted by Crippen LogP contribution is -2.38. The molecule has 0 aromatic heterocycles. The Morgan fingerprint density at radius 2 is 1.93 bits per heavy atom. The van der Waals surface area contributed by atoms with E-state index in [0.29, 0.717) is 55.8 Å². The second kappa shape index (κ2) is 9.57. The van der Waals surface area contributed by atoms with Crippen LogP contribution in [0.4, 0.5) is 10.1 Å². The first-order valence-corrected chi connectivity index (χ1v) is 11.4. The number of benzene rings is 2. The Morgan fingerprint density at radius 1 is 1.20 bits per heavy atom. The summed E-state index contributed by atoms with van der Waals surface area (Å²) in [6.45, 7) is 2.42. The molecule has 0 unspecified atom stereocenters. The maximum Gasteiger partial charge on any atom is 0.243 e. The molecule has 30 heavy (non-hydrogen) atoms. The monoisotopic (exact) mass is 434 g/mol. The van der Waals surface area contributed by atoms with Crippen molar-refractivity contribution in [2.24, 2.45) is 5.92 Å². The van der Waals surface area contributed by atoms with Gasteiger partial charge in [0.15, 0.2) is 0 Å². The Hall–Kier alpha value is -2.45. The first-order valence-electron chi connectivity index (χ1n) is 10.00. The van der Waals surface area contributed by atoms with Gasteiger partial charge in [0.2, 0.25) is 15.9 Å². The maximum atomic E-state index is 13.6. The molecule has 1 fully saturated rings. The zero-order valence-corrected chi connectivity index (χ0v) is 18.0. The number of piperidine rings is 1. The highest BCUT2D eigenvalue weighted by atomic mass is 32.2. The number of halogens is 1. The summed E-state index contributed by atoms with van der Waals surface area (Å²) in [5.41, 5.74) is 1.22. The van der Waals surface area contributed by atoms with Gasteiger partial charge in [0, 0.05) is 31.3 Å². The van der Waals surface area contributed by atoms with Crippen LogP contribution in [0.25, 0.3) is 0 Å². The Kier molecular flexibility index (Phi) is 7.10. The lowest BCUT2D eigenvalue weighted by Gasteiger charge is -2.31. The zero-order chi connectivity index (χ0) is 21.7. The number of hydrogen-bond donors (Lipinski definition) is 1. The van der Waals surface area contributed by atoms with Gasteiger partial charge in [0.1, 0.15) is 11.6 Å². The van der Waals surface area contributed by atoms with Crippen molar-refractivity contribution in [3.63, 3.8) is 0 Å². The molecular weight excluding hydrogens is 407 g/mol. The molecule has 1 saturated heterocycles. The molecule has 1 aliphatic rings. The summed E-state index contributed by atoms with van der Waals surface area (Å²) < 4.78 is 45.9. The van der Waals surface area contributed by atoms with Gasteiger partial charge in [0.05, 0.1) is 12.0 Å². The predicted molar refractivity (Wildman–Crippen MR) is 113 cm³/mol. The smallest absolute Gasteiger partial charge is 0.243 e. The van der Waals surface area contributed by atoms with Gasteiger partial charge in [-0.2, -0.15) is 4.31 Å². The molecule has 1 N–H and O–H groups in total. The number of sulfonamides is 1. The second-order valence-corrected chi connectivity index (χ2v) is 9.48. The molecule has 0 bridgehead atoms. The molecular formula is C22H27FN2O4S. The third kappa shape index (κ3) is 5.37. The van der Waals surface area contributed by atoms with Gasteiger partial charge < -0.3 is 10.1 Å². The van der Waals surface area contributed by atoms with Crippen LogP contribution >= 0.6 is 0 Å². The van der Waals surface area contributed by atoms with Crippen molar-refractivity contribution in [2.75, 3.05) is 25.5 Å². The van der Waals surface area contributed by atoms with Crippen molar-refractivity contribution in [1.29, 1.82) is 0 Å². The van der Waals surface area contributed by atoms with E-state index in [2.05, 4.69) is 5.32 Å². The van der Waals surface area contributed by atoms with E-state index in [1.54, 1.807) is 26.2 Å². The fourth-order valence-electron chi connectivity index (χ4n) is 3.69. The van der Waals surface area contributed by atoms with Crippen LogP contribution in [-0.4, -0.2) is 38.8 Å². The molecule has 0 atom stereocenters. The number of aryl methyl sites for hydroxylation is 1. The number of carbonyl (C=O) groups excluding carboxylic acids is 1. The lowest BCUT2D eigenvalue weighted by atomic mass is 9.93. The van der Waals surface area contributed by atoms with Crippen LogP contribution in [0, 0.1) is 18.7 Å². The van der Waals surface area contributed by atoms with E-state index in [-0.39, 0.29) is 16.7 Å². The molecule has 2 aromatic carbocycles. The van der Waals surface area contributed by atoms with E-state index >= 15 is 0 Å². The van der Waals surface area contributed by atoms with Crippen LogP contribution in [0.3, 0.4) is 0 Å². The fourth-order valence-corrected chi connectivity index (χ4v) is 5.39. The summed E-state index contributed by atoms with van der Waals surface area (Å²) in [7, 11) is -2.14. The number of anilines is 1. The van der Waals surface area contributed by atoms with Crippen LogP contribution in [0.2, 0.25) is 0 Å². The number of rotatable bonds is 7. The summed E-state index contributed by atoms with van der Waals surface area (Å²) in [6.07, 6.45) is 2.43. The average Bonchev–Trinajstić information content (AvgIpc) is 2.74. The predicted octanol–water partition coefficient (Wildman–Crippen LogP) is 3.96. The SMILES string of the molecule is COc1cccc(NC(=O)CCC2CCN(S(=O)(=O)c3cc(F)ccc3C)CC2)c1. The number of amides is 1. The van der Waals surface area contributed by atoms with Crippen molar-refractivity contribution >= 4 is 21.6 Å². The number of hydrogen-bond acceptors (Lipinski definition) is 4. The minimum atomic E-state index is -3.72. The standard InChI is InChI=1S/C22H27FN2O4S/c1-16-6-8-18(23)14-21(16)30(27,28)25-12-10-17(11-13-25)7-9-22(26)24-19-4-3-5-20(15-19)29-2/h3-6,8,14-15,17H,7,9-13H2,1-2H3,(H,24,26). The Bertz CT molecular complexity index is 1000. The van der Waals surface area contributed by atoms with E-state index < -0.39 is 15.8 Å². The van der Waals surface area contributed by atoms with E-state index in [0.717, 1.165) is 6.07 Å². The van der Waals surface area contributed by atoms with Gasteiger partial charge in [-0.1, -0.05) is 12.1 Å². The molecule has 3 rings (SSSR count). The number of ether oxygens (including phenoxy) is 1. The van der Waals surface area contributed by atoms with Crippen molar-refractivity contribution in [1.82, 2.24) is 4.31 Å². The van der Waals surface area contributed by atoms with E-state index in [1.807, 2.05) is 12.1 Å². The van der Waals surface area contributed by atoms with Crippen LogP contribution < -0.4 is 10.1 Å². The number of methoxy groups -OCH3 is 1. The minimum absolute atomic E-state index is 0.0265. The van der Waals surface area contributed by atoms with Gasteiger partial charge >= 0.3 is 0 Å². The largest absolute Gasteiger partial charge is 0.497 e. The van der Waals surface area contributed by atoms with Crippen molar-refractivity contribution in [3.8, 4) is 5.75 Å². The van der Waals surface area contributed by atoms with Crippen molar-refractivity contribution in [2.45, 2.75) is 37.5 Å². The lowest BCUT2D eigenvalue weighted by molar-refractivity contribution is -0.116. The van der Waals surface area contributed by atoms with Gasteiger partial charge in [-0.15, -0.1) is 0 Å². The average molecular weight is 435 g/mol. The molecule has 0 saturated carbocycles. The molecule has 162 valence electrons. The van der Waals surface area contributed by atoms with Gasteiger partial charge in [0.25, 0.3) is 0 Å². The Labute approximate surface area is 177 Å². The highest BCUT2D eigenvalue weighted by Gasteiger charge is 2.30. The summed E-state index contributed by atoms with van der Waals surface area (Å²) in [5, 5.41) is 2.86. The van der Waals surface area contributed by atoms with Crippen LogP contribution in [0.1, 0.15) is 31.2 Å².